The van der Waals surface area contributed by atoms with Gasteiger partial charge in [0, 0.05) is 19.4 Å². The van der Waals surface area contributed by atoms with E-state index in [4.69, 9.17) is 0 Å². The zero-order valence-corrected chi connectivity index (χ0v) is 9.40. The molecule has 0 radical (unpaired) electrons. The highest BCUT2D eigenvalue weighted by atomic mass is 32.2. The Morgan fingerprint density at radius 3 is 2.94 bits per heavy atom. The first-order valence-electron chi connectivity index (χ1n) is 4.55. The summed E-state index contributed by atoms with van der Waals surface area (Å²) in [6.45, 7) is 0.161. The fraction of sp³-hybridized carbons (Fsp3) is 0.250. The fourth-order valence-electron chi connectivity index (χ4n) is 1.20. The van der Waals surface area contributed by atoms with Crippen molar-refractivity contribution in [1.29, 1.82) is 0 Å². The molecule has 86 valence electrons. The van der Waals surface area contributed by atoms with Crippen LogP contribution in [0, 0.1) is 0 Å². The number of hydrogen-bond acceptors (Lipinski definition) is 4. The van der Waals surface area contributed by atoms with Crippen molar-refractivity contribution in [3.8, 4) is 0 Å². The Morgan fingerprint density at radius 1 is 1.56 bits per heavy atom. The van der Waals surface area contributed by atoms with E-state index in [1.807, 2.05) is 0 Å². The molecular formula is C8H11N5O2S. The Hall–Kier alpha value is -1.67. The molecule has 0 fully saturated rings. The second-order valence-electron chi connectivity index (χ2n) is 3.24. The van der Waals surface area contributed by atoms with E-state index in [9.17, 15) is 8.42 Å². The van der Waals surface area contributed by atoms with Gasteiger partial charge < -0.3 is 0 Å². The summed E-state index contributed by atoms with van der Waals surface area (Å²) >= 11 is 0. The topological polar surface area (TPSA) is 92.7 Å². The van der Waals surface area contributed by atoms with Crippen LogP contribution in [0.3, 0.4) is 0 Å². The van der Waals surface area contributed by atoms with Crippen LogP contribution in [-0.2, 0) is 23.6 Å². The summed E-state index contributed by atoms with van der Waals surface area (Å²) in [6.07, 6.45) is 4.32. The summed E-state index contributed by atoms with van der Waals surface area (Å²) < 4.78 is 27.4. The van der Waals surface area contributed by atoms with E-state index in [0.29, 0.717) is 5.69 Å². The van der Waals surface area contributed by atoms with E-state index in [1.165, 1.54) is 12.4 Å². The molecule has 0 spiro atoms. The van der Waals surface area contributed by atoms with E-state index in [1.54, 1.807) is 24.0 Å². The van der Waals surface area contributed by atoms with Gasteiger partial charge in [-0.15, -0.1) is 0 Å². The molecule has 16 heavy (non-hydrogen) atoms. The van der Waals surface area contributed by atoms with E-state index in [2.05, 4.69) is 20.0 Å². The van der Waals surface area contributed by atoms with Crippen LogP contribution in [0.15, 0.2) is 29.6 Å². The molecule has 2 rings (SSSR count). The summed E-state index contributed by atoms with van der Waals surface area (Å²) in [5.41, 5.74) is 0.662. The van der Waals surface area contributed by atoms with Crippen molar-refractivity contribution in [2.45, 2.75) is 11.4 Å². The van der Waals surface area contributed by atoms with Gasteiger partial charge in [-0.05, 0) is 6.07 Å². The Bertz CT molecular complexity index is 557. The van der Waals surface area contributed by atoms with Crippen LogP contribution in [0.25, 0.3) is 0 Å². The molecule has 0 unspecified atom stereocenters. The van der Waals surface area contributed by atoms with Crippen molar-refractivity contribution in [3.63, 3.8) is 0 Å². The fourth-order valence-corrected chi connectivity index (χ4v) is 2.10. The Labute approximate surface area is 92.5 Å². The third-order valence-electron chi connectivity index (χ3n) is 2.00. The number of nitrogens with zero attached hydrogens (tertiary/aromatic N) is 3. The maximum atomic E-state index is 11.7. The summed E-state index contributed by atoms with van der Waals surface area (Å²) in [5, 5.41) is 10.1. The number of aryl methyl sites for hydroxylation is 1. The Kier molecular flexibility index (Phi) is 2.75. The maximum absolute atomic E-state index is 11.7. The highest BCUT2D eigenvalue weighted by Crippen LogP contribution is 2.05. The van der Waals surface area contributed by atoms with Crippen molar-refractivity contribution >= 4 is 10.0 Å². The lowest BCUT2D eigenvalue weighted by atomic mass is 10.4. The van der Waals surface area contributed by atoms with E-state index >= 15 is 0 Å². The molecule has 2 aromatic heterocycles. The number of hydrogen-bond donors (Lipinski definition) is 2. The molecule has 0 amide bonds. The largest absolute Gasteiger partial charge is 0.284 e. The molecule has 2 aromatic rings. The minimum Gasteiger partial charge on any atom is -0.284 e. The van der Waals surface area contributed by atoms with Crippen LogP contribution in [0.2, 0.25) is 0 Å². The van der Waals surface area contributed by atoms with Crippen LogP contribution in [-0.4, -0.2) is 28.4 Å². The lowest BCUT2D eigenvalue weighted by molar-refractivity contribution is 0.579. The average molecular weight is 241 g/mol. The van der Waals surface area contributed by atoms with Gasteiger partial charge in [0.1, 0.15) is 4.90 Å². The first-order chi connectivity index (χ1) is 7.58. The van der Waals surface area contributed by atoms with Crippen molar-refractivity contribution in [1.82, 2.24) is 24.7 Å². The quantitative estimate of drug-likeness (QED) is 0.763. The lowest BCUT2D eigenvalue weighted by Crippen LogP contribution is -2.23. The third kappa shape index (κ3) is 2.28. The molecular weight excluding hydrogens is 230 g/mol. The Balaban J connectivity index is 2.06. The molecule has 0 atom stereocenters. The smallest absolute Gasteiger partial charge is 0.244 e. The molecule has 0 aliphatic carbocycles. The molecule has 8 heteroatoms. The van der Waals surface area contributed by atoms with Crippen LogP contribution < -0.4 is 4.72 Å². The van der Waals surface area contributed by atoms with E-state index < -0.39 is 10.0 Å². The molecule has 2 heterocycles. The lowest BCUT2D eigenvalue weighted by Gasteiger charge is -2.01. The second-order valence-corrected chi connectivity index (χ2v) is 5.01. The molecule has 7 nitrogen and oxygen atoms in total. The molecule has 0 aliphatic heterocycles. The number of aromatic nitrogens is 4. The minimum atomic E-state index is -3.50. The zero-order chi connectivity index (χ0) is 11.6. The van der Waals surface area contributed by atoms with E-state index in [-0.39, 0.29) is 11.4 Å². The van der Waals surface area contributed by atoms with Crippen LogP contribution in [0.4, 0.5) is 0 Å². The molecule has 0 saturated heterocycles. The highest BCUT2D eigenvalue weighted by molar-refractivity contribution is 7.89. The van der Waals surface area contributed by atoms with Gasteiger partial charge in [-0.2, -0.15) is 10.2 Å². The van der Waals surface area contributed by atoms with Crippen molar-refractivity contribution in [2.75, 3.05) is 0 Å². The minimum absolute atomic E-state index is 0.114. The maximum Gasteiger partial charge on any atom is 0.244 e. The zero-order valence-electron chi connectivity index (χ0n) is 8.58. The van der Waals surface area contributed by atoms with Gasteiger partial charge in [0.25, 0.3) is 0 Å². The molecule has 0 aromatic carbocycles. The summed E-state index contributed by atoms with van der Waals surface area (Å²) in [7, 11) is -1.73. The van der Waals surface area contributed by atoms with Gasteiger partial charge in [0.05, 0.1) is 18.4 Å². The molecule has 0 saturated carbocycles. The van der Waals surface area contributed by atoms with Gasteiger partial charge in [-0.3, -0.25) is 9.78 Å². The molecule has 2 N–H and O–H groups in total. The first kappa shape index (κ1) is 10.8. The van der Waals surface area contributed by atoms with Crippen molar-refractivity contribution in [3.05, 3.63) is 30.4 Å². The number of sulfonamides is 1. The average Bonchev–Trinajstić information content (AvgIpc) is 2.85. The SMILES string of the molecule is Cn1ccc(CNS(=O)(=O)c2cn[nH]c2)n1. The van der Waals surface area contributed by atoms with Crippen molar-refractivity contribution < 1.29 is 8.42 Å². The predicted octanol–water partition coefficient (Wildman–Crippen LogP) is -0.378. The normalized spacial score (nSPS) is 11.8. The number of H-pyrrole nitrogens is 1. The Morgan fingerprint density at radius 2 is 2.38 bits per heavy atom. The monoisotopic (exact) mass is 241 g/mol. The van der Waals surface area contributed by atoms with Crippen molar-refractivity contribution in [2.24, 2.45) is 7.05 Å². The van der Waals surface area contributed by atoms with Crippen LogP contribution in [0.1, 0.15) is 5.69 Å². The van der Waals surface area contributed by atoms with Gasteiger partial charge in [0.2, 0.25) is 10.0 Å². The van der Waals surface area contributed by atoms with Gasteiger partial charge in [-0.1, -0.05) is 0 Å². The van der Waals surface area contributed by atoms with Gasteiger partial charge in [-0.25, -0.2) is 13.1 Å². The summed E-state index contributed by atoms with van der Waals surface area (Å²) in [4.78, 5) is 0.114. The standard InChI is InChI=1S/C8H11N5O2S/c1-13-3-2-7(12-13)4-11-16(14,15)8-5-9-10-6-8/h2-3,5-6,11H,4H2,1H3,(H,9,10). The van der Waals surface area contributed by atoms with Gasteiger partial charge >= 0.3 is 0 Å². The van der Waals surface area contributed by atoms with Gasteiger partial charge in [0.15, 0.2) is 0 Å². The number of aromatic amines is 1. The number of rotatable bonds is 4. The van der Waals surface area contributed by atoms with E-state index in [0.717, 1.165) is 0 Å². The second kappa shape index (κ2) is 4.06. The summed E-state index contributed by atoms with van der Waals surface area (Å²) in [5.74, 6) is 0. The third-order valence-corrected chi connectivity index (χ3v) is 3.36. The highest BCUT2D eigenvalue weighted by Gasteiger charge is 2.14. The first-order valence-corrected chi connectivity index (χ1v) is 6.03. The predicted molar refractivity (Wildman–Crippen MR) is 55.8 cm³/mol. The van der Waals surface area contributed by atoms with Crippen LogP contribution in [0.5, 0.6) is 0 Å². The summed E-state index contributed by atoms with van der Waals surface area (Å²) in [6, 6.07) is 1.75. The molecule has 0 aliphatic rings. The number of nitrogens with one attached hydrogen (secondary N) is 2. The van der Waals surface area contributed by atoms with Crippen LogP contribution >= 0.6 is 0 Å². The molecule has 0 bridgehead atoms.